The number of carbonyl (C=O) groups is 1. The average Bonchev–Trinajstić information content (AvgIpc) is 3.15. The van der Waals surface area contributed by atoms with Crippen LogP contribution in [0, 0.1) is 0 Å². The van der Waals surface area contributed by atoms with E-state index in [2.05, 4.69) is 5.32 Å². The summed E-state index contributed by atoms with van der Waals surface area (Å²) in [7, 11) is 0. The lowest BCUT2D eigenvalue weighted by Gasteiger charge is -2.19. The largest absolute Gasteiger partial charge is 0.486 e. The van der Waals surface area contributed by atoms with Crippen LogP contribution in [0.2, 0.25) is 5.02 Å². The van der Waals surface area contributed by atoms with Gasteiger partial charge < -0.3 is 19.7 Å². The molecule has 5 nitrogen and oxygen atoms in total. The molecular weight excluding hydrogens is 364 g/mol. The van der Waals surface area contributed by atoms with Gasteiger partial charge in [-0.05, 0) is 42.3 Å². The van der Waals surface area contributed by atoms with E-state index in [4.69, 9.17) is 21.1 Å². The number of hydrogen-bond donors (Lipinski definition) is 1. The van der Waals surface area contributed by atoms with Crippen LogP contribution in [0.4, 0.5) is 5.69 Å². The molecule has 1 saturated heterocycles. The van der Waals surface area contributed by atoms with E-state index in [0.29, 0.717) is 36.3 Å². The van der Waals surface area contributed by atoms with Crippen molar-refractivity contribution in [3.8, 4) is 11.5 Å². The summed E-state index contributed by atoms with van der Waals surface area (Å²) < 4.78 is 11.1. The predicted molar refractivity (Wildman–Crippen MR) is 107 cm³/mol. The van der Waals surface area contributed by atoms with Crippen LogP contribution in [0.3, 0.4) is 0 Å². The third-order valence-corrected chi connectivity index (χ3v) is 4.96. The summed E-state index contributed by atoms with van der Waals surface area (Å²) in [5.74, 6) is 1.19. The van der Waals surface area contributed by atoms with Crippen LogP contribution in [0.15, 0.2) is 48.5 Å². The van der Waals surface area contributed by atoms with Crippen molar-refractivity contribution in [2.75, 3.05) is 31.6 Å². The molecule has 1 amide bonds. The number of halogens is 1. The topological polar surface area (TPSA) is 50.8 Å². The summed E-state index contributed by atoms with van der Waals surface area (Å²) in [4.78, 5) is 14.4. The van der Waals surface area contributed by atoms with Gasteiger partial charge in [0.15, 0.2) is 11.5 Å². The average molecular weight is 385 g/mol. The van der Waals surface area contributed by atoms with Crippen molar-refractivity contribution in [1.29, 1.82) is 0 Å². The first-order chi connectivity index (χ1) is 13.2. The van der Waals surface area contributed by atoms with Gasteiger partial charge in [0.05, 0.1) is 5.02 Å². The molecule has 4 rings (SSSR count). The Morgan fingerprint density at radius 1 is 1.19 bits per heavy atom. The molecule has 2 aromatic rings. The van der Waals surface area contributed by atoms with Crippen molar-refractivity contribution >= 4 is 29.3 Å². The number of nitrogens with zero attached hydrogens (tertiary/aromatic N) is 1. The Balaban J connectivity index is 1.37. The standard InChI is InChI=1S/C21H21ClN2O3/c22-18-12-15(13-19-21(18)27-11-10-26-19)6-7-20(25)24-9-8-17(14-24)23-16-4-2-1-3-5-16/h1-7,12-13,17,23H,8-11,14H2/b7-6+. The molecular formula is C21H21ClN2O3. The molecule has 0 spiro atoms. The number of fused-ring (bicyclic) bond motifs is 1. The first kappa shape index (κ1) is 17.7. The molecule has 27 heavy (non-hydrogen) atoms. The highest BCUT2D eigenvalue weighted by atomic mass is 35.5. The van der Waals surface area contributed by atoms with E-state index in [9.17, 15) is 4.79 Å². The van der Waals surface area contributed by atoms with E-state index in [0.717, 1.165) is 24.2 Å². The zero-order valence-electron chi connectivity index (χ0n) is 14.9. The lowest BCUT2D eigenvalue weighted by atomic mass is 10.1. The highest BCUT2D eigenvalue weighted by Crippen LogP contribution is 2.38. The van der Waals surface area contributed by atoms with Crippen LogP contribution in [0.25, 0.3) is 6.08 Å². The van der Waals surface area contributed by atoms with Gasteiger partial charge in [0.1, 0.15) is 13.2 Å². The number of likely N-dealkylation sites (tertiary alicyclic amines) is 1. The number of hydrogen-bond acceptors (Lipinski definition) is 4. The molecule has 0 bridgehead atoms. The third-order valence-electron chi connectivity index (χ3n) is 4.68. The van der Waals surface area contributed by atoms with Gasteiger partial charge >= 0.3 is 0 Å². The Hall–Kier alpha value is -2.66. The zero-order valence-corrected chi connectivity index (χ0v) is 15.6. The minimum absolute atomic E-state index is 0.00151. The van der Waals surface area contributed by atoms with E-state index in [1.807, 2.05) is 41.3 Å². The number of carbonyl (C=O) groups excluding carboxylic acids is 1. The quantitative estimate of drug-likeness (QED) is 0.814. The smallest absolute Gasteiger partial charge is 0.246 e. The van der Waals surface area contributed by atoms with Gasteiger partial charge in [-0.25, -0.2) is 0 Å². The molecule has 6 heteroatoms. The van der Waals surface area contributed by atoms with Gasteiger partial charge in [-0.3, -0.25) is 4.79 Å². The molecule has 0 radical (unpaired) electrons. The molecule has 0 saturated carbocycles. The van der Waals surface area contributed by atoms with Crippen LogP contribution in [-0.4, -0.2) is 43.2 Å². The van der Waals surface area contributed by atoms with Crippen LogP contribution in [-0.2, 0) is 4.79 Å². The third kappa shape index (κ3) is 4.19. The number of amides is 1. The maximum absolute atomic E-state index is 12.5. The van der Waals surface area contributed by atoms with Gasteiger partial charge in [0.25, 0.3) is 0 Å². The molecule has 2 aliphatic rings. The number of nitrogens with one attached hydrogen (secondary N) is 1. The normalized spacial score (nSPS) is 18.7. The molecule has 2 aliphatic heterocycles. The van der Waals surface area contributed by atoms with E-state index in [-0.39, 0.29) is 11.9 Å². The first-order valence-corrected chi connectivity index (χ1v) is 9.44. The van der Waals surface area contributed by atoms with Gasteiger partial charge in [-0.2, -0.15) is 0 Å². The highest BCUT2D eigenvalue weighted by molar-refractivity contribution is 6.32. The van der Waals surface area contributed by atoms with Crippen LogP contribution in [0.1, 0.15) is 12.0 Å². The number of rotatable bonds is 4. The maximum atomic E-state index is 12.5. The van der Waals surface area contributed by atoms with E-state index < -0.39 is 0 Å². The van der Waals surface area contributed by atoms with E-state index in [1.54, 1.807) is 18.2 Å². The summed E-state index contributed by atoms with van der Waals surface area (Å²) in [5, 5.41) is 3.97. The molecule has 140 valence electrons. The van der Waals surface area contributed by atoms with E-state index in [1.165, 1.54) is 0 Å². The summed E-state index contributed by atoms with van der Waals surface area (Å²) in [6, 6.07) is 14.0. The second kappa shape index (κ2) is 7.92. The molecule has 0 aliphatic carbocycles. The SMILES string of the molecule is O=C(/C=C/c1cc(Cl)c2c(c1)OCCO2)N1CCC(Nc2ccccc2)C1. The molecule has 2 aromatic carbocycles. The predicted octanol–water partition coefficient (Wildman–Crippen LogP) is 3.84. The van der Waals surface area contributed by atoms with Crippen molar-refractivity contribution in [3.63, 3.8) is 0 Å². The Morgan fingerprint density at radius 2 is 2.00 bits per heavy atom. The van der Waals surface area contributed by atoms with Crippen molar-refractivity contribution < 1.29 is 14.3 Å². The van der Waals surface area contributed by atoms with Crippen LogP contribution < -0.4 is 14.8 Å². The first-order valence-electron chi connectivity index (χ1n) is 9.07. The molecule has 2 heterocycles. The fourth-order valence-corrected chi connectivity index (χ4v) is 3.62. The fourth-order valence-electron chi connectivity index (χ4n) is 3.35. The fraction of sp³-hybridized carbons (Fsp3) is 0.286. The summed E-state index contributed by atoms with van der Waals surface area (Å²) >= 11 is 6.24. The van der Waals surface area contributed by atoms with Crippen molar-refractivity contribution in [1.82, 2.24) is 4.90 Å². The molecule has 0 aromatic heterocycles. The minimum atomic E-state index is -0.00151. The molecule has 1 N–H and O–H groups in total. The van der Waals surface area contributed by atoms with Gasteiger partial charge in [-0.1, -0.05) is 29.8 Å². The lowest BCUT2D eigenvalue weighted by Crippen LogP contribution is -2.30. The monoisotopic (exact) mass is 384 g/mol. The number of anilines is 1. The van der Waals surface area contributed by atoms with Crippen molar-refractivity contribution in [2.24, 2.45) is 0 Å². The second-order valence-electron chi connectivity index (χ2n) is 6.64. The van der Waals surface area contributed by atoms with Gasteiger partial charge in [0.2, 0.25) is 5.91 Å². The molecule has 1 atom stereocenters. The minimum Gasteiger partial charge on any atom is -0.486 e. The highest BCUT2D eigenvalue weighted by Gasteiger charge is 2.25. The van der Waals surface area contributed by atoms with Gasteiger partial charge in [0, 0.05) is 30.9 Å². The lowest BCUT2D eigenvalue weighted by molar-refractivity contribution is -0.124. The zero-order chi connectivity index (χ0) is 18.6. The van der Waals surface area contributed by atoms with E-state index >= 15 is 0 Å². The number of para-hydroxylation sites is 1. The Morgan fingerprint density at radius 3 is 2.85 bits per heavy atom. The van der Waals surface area contributed by atoms with Crippen LogP contribution >= 0.6 is 11.6 Å². The summed E-state index contributed by atoms with van der Waals surface area (Å²) in [5.41, 5.74) is 1.90. The Kier molecular flexibility index (Phi) is 5.21. The van der Waals surface area contributed by atoms with Crippen molar-refractivity contribution in [3.05, 3.63) is 59.1 Å². The number of benzene rings is 2. The Labute approximate surface area is 163 Å². The summed E-state index contributed by atoms with van der Waals surface area (Å²) in [6.45, 7) is 2.43. The Bertz CT molecular complexity index is 854. The molecule has 1 unspecified atom stereocenters. The summed E-state index contributed by atoms with van der Waals surface area (Å²) in [6.07, 6.45) is 4.29. The van der Waals surface area contributed by atoms with Crippen molar-refractivity contribution in [2.45, 2.75) is 12.5 Å². The van der Waals surface area contributed by atoms with Crippen LogP contribution in [0.5, 0.6) is 11.5 Å². The molecule has 1 fully saturated rings. The van der Waals surface area contributed by atoms with Gasteiger partial charge in [-0.15, -0.1) is 0 Å². The number of ether oxygens (including phenoxy) is 2. The maximum Gasteiger partial charge on any atom is 0.246 e. The second-order valence-corrected chi connectivity index (χ2v) is 7.05.